The van der Waals surface area contributed by atoms with E-state index in [9.17, 15) is 14.7 Å². The number of aromatic carboxylic acids is 1. The van der Waals surface area contributed by atoms with Crippen molar-refractivity contribution in [1.29, 1.82) is 0 Å². The van der Waals surface area contributed by atoms with Gasteiger partial charge in [-0.3, -0.25) is 9.13 Å². The summed E-state index contributed by atoms with van der Waals surface area (Å²) in [7, 11) is 3.99. The van der Waals surface area contributed by atoms with Crippen LogP contribution in [-0.2, 0) is 13.1 Å². The number of nitrogens with zero attached hydrogens (tertiary/aromatic N) is 3. The summed E-state index contributed by atoms with van der Waals surface area (Å²) >= 11 is 0. The summed E-state index contributed by atoms with van der Waals surface area (Å²) in [6.07, 6.45) is 1.75. The maximum Gasteiger partial charge on any atom is 0.335 e. The van der Waals surface area contributed by atoms with Crippen molar-refractivity contribution in [1.82, 2.24) is 14.0 Å². The molecule has 0 radical (unpaired) electrons. The molecule has 0 amide bonds. The molecule has 0 unspecified atom stereocenters. The highest BCUT2D eigenvalue weighted by atomic mass is 16.4. The van der Waals surface area contributed by atoms with E-state index in [0.29, 0.717) is 24.5 Å². The average molecular weight is 333 g/mol. The molecule has 0 atom stereocenters. The number of aromatic nitrogens is 2. The third kappa shape index (κ3) is 4.06. The van der Waals surface area contributed by atoms with Crippen LogP contribution in [0.4, 0.5) is 0 Å². The Kier molecular flexibility index (Phi) is 5.83. The lowest BCUT2D eigenvalue weighted by Crippen LogP contribution is -2.26. The number of carboxylic acid groups (broad SMARTS) is 1. The molecular weight excluding hydrogens is 306 g/mol. The van der Waals surface area contributed by atoms with E-state index >= 15 is 0 Å². The van der Waals surface area contributed by atoms with Crippen molar-refractivity contribution in [3.8, 4) is 0 Å². The number of aryl methyl sites for hydroxylation is 2. The summed E-state index contributed by atoms with van der Waals surface area (Å²) < 4.78 is 3.49. The quantitative estimate of drug-likeness (QED) is 0.806. The molecule has 1 heterocycles. The first-order chi connectivity index (χ1) is 11.3. The molecule has 6 nitrogen and oxygen atoms in total. The zero-order valence-corrected chi connectivity index (χ0v) is 15.0. The highest BCUT2D eigenvalue weighted by Gasteiger charge is 2.15. The Balaban J connectivity index is 2.47. The van der Waals surface area contributed by atoms with Crippen molar-refractivity contribution in [2.75, 3.05) is 20.6 Å². The predicted octanol–water partition coefficient (Wildman–Crippen LogP) is 2.50. The van der Waals surface area contributed by atoms with E-state index in [0.717, 1.165) is 24.9 Å². The summed E-state index contributed by atoms with van der Waals surface area (Å²) in [5.41, 5.74) is 1.69. The second-order valence-electron chi connectivity index (χ2n) is 6.93. The first-order valence-electron chi connectivity index (χ1n) is 8.42. The first kappa shape index (κ1) is 18.3. The standard InChI is InChI=1S/C18H27N3O3/c1-13(2)8-11-21-15-7-6-14(17(22)23)12-16(15)20(18(21)24)10-5-9-19(3)4/h6-7,12-13H,5,8-11H2,1-4H3,(H,22,23). The number of carboxylic acids is 1. The summed E-state index contributed by atoms with van der Waals surface area (Å²) in [5.74, 6) is -0.471. The molecule has 0 saturated heterocycles. The van der Waals surface area contributed by atoms with E-state index < -0.39 is 5.97 Å². The largest absolute Gasteiger partial charge is 0.478 e. The van der Waals surface area contributed by atoms with Crippen LogP contribution in [0.5, 0.6) is 0 Å². The average Bonchev–Trinajstić information content (AvgIpc) is 2.76. The van der Waals surface area contributed by atoms with Gasteiger partial charge in [-0.15, -0.1) is 0 Å². The lowest BCUT2D eigenvalue weighted by Gasteiger charge is -2.09. The highest BCUT2D eigenvalue weighted by Crippen LogP contribution is 2.17. The minimum absolute atomic E-state index is 0.0491. The predicted molar refractivity (Wildman–Crippen MR) is 95.8 cm³/mol. The minimum atomic E-state index is -0.973. The Morgan fingerprint density at radius 1 is 1.17 bits per heavy atom. The van der Waals surface area contributed by atoms with Gasteiger partial charge in [-0.2, -0.15) is 0 Å². The Morgan fingerprint density at radius 3 is 2.42 bits per heavy atom. The fourth-order valence-corrected chi connectivity index (χ4v) is 2.82. The van der Waals surface area contributed by atoms with Gasteiger partial charge in [0.15, 0.2) is 0 Å². The normalized spacial score (nSPS) is 11.8. The second-order valence-corrected chi connectivity index (χ2v) is 6.93. The minimum Gasteiger partial charge on any atom is -0.478 e. The van der Waals surface area contributed by atoms with Gasteiger partial charge in [0, 0.05) is 13.1 Å². The van der Waals surface area contributed by atoms with Gasteiger partial charge >= 0.3 is 11.7 Å². The lowest BCUT2D eigenvalue weighted by molar-refractivity contribution is 0.0697. The van der Waals surface area contributed by atoms with Crippen LogP contribution in [-0.4, -0.2) is 45.8 Å². The second kappa shape index (κ2) is 7.66. The maximum absolute atomic E-state index is 12.8. The summed E-state index contributed by atoms with van der Waals surface area (Å²) in [6.45, 7) is 6.38. The molecule has 0 aliphatic rings. The molecule has 0 spiro atoms. The van der Waals surface area contributed by atoms with E-state index in [1.807, 2.05) is 14.1 Å². The maximum atomic E-state index is 12.8. The zero-order valence-electron chi connectivity index (χ0n) is 15.0. The van der Waals surface area contributed by atoms with E-state index in [4.69, 9.17) is 0 Å². The molecule has 0 bridgehead atoms. The van der Waals surface area contributed by atoms with Crippen LogP contribution in [0.3, 0.4) is 0 Å². The van der Waals surface area contributed by atoms with Crippen molar-refractivity contribution in [2.24, 2.45) is 5.92 Å². The molecule has 0 aliphatic carbocycles. The number of carbonyl (C=O) groups is 1. The van der Waals surface area contributed by atoms with E-state index in [1.165, 1.54) is 0 Å². The van der Waals surface area contributed by atoms with Gasteiger partial charge in [0.25, 0.3) is 0 Å². The van der Waals surface area contributed by atoms with E-state index in [1.54, 1.807) is 27.3 Å². The molecule has 0 fully saturated rings. The Hall–Kier alpha value is -2.08. The summed E-state index contributed by atoms with van der Waals surface area (Å²) in [4.78, 5) is 26.2. The molecule has 24 heavy (non-hydrogen) atoms. The lowest BCUT2D eigenvalue weighted by atomic mass is 10.1. The SMILES string of the molecule is CC(C)CCn1c(=O)n(CCCN(C)C)c2cc(C(=O)O)ccc21. The fraction of sp³-hybridized carbons (Fsp3) is 0.556. The molecule has 6 heteroatoms. The topological polar surface area (TPSA) is 67.5 Å². The highest BCUT2D eigenvalue weighted by molar-refractivity contribution is 5.92. The third-order valence-corrected chi connectivity index (χ3v) is 4.18. The number of fused-ring (bicyclic) bond motifs is 1. The molecule has 2 rings (SSSR count). The van der Waals surface area contributed by atoms with Crippen LogP contribution in [0, 0.1) is 5.92 Å². The van der Waals surface area contributed by atoms with Gasteiger partial charge in [-0.1, -0.05) is 13.8 Å². The van der Waals surface area contributed by atoms with Crippen LogP contribution in [0.15, 0.2) is 23.0 Å². The van der Waals surface area contributed by atoms with Gasteiger partial charge in [0.2, 0.25) is 0 Å². The zero-order chi connectivity index (χ0) is 17.9. The molecule has 1 aromatic carbocycles. The van der Waals surface area contributed by atoms with Crippen molar-refractivity contribution in [2.45, 2.75) is 39.8 Å². The van der Waals surface area contributed by atoms with Crippen molar-refractivity contribution >= 4 is 17.0 Å². The van der Waals surface area contributed by atoms with Crippen LogP contribution in [0.1, 0.15) is 37.0 Å². The third-order valence-electron chi connectivity index (χ3n) is 4.18. The van der Waals surface area contributed by atoms with Gasteiger partial charge in [-0.25, -0.2) is 9.59 Å². The number of imidazole rings is 1. The molecule has 0 saturated carbocycles. The van der Waals surface area contributed by atoms with Gasteiger partial charge in [0.1, 0.15) is 0 Å². The van der Waals surface area contributed by atoms with Crippen LogP contribution >= 0.6 is 0 Å². The van der Waals surface area contributed by atoms with Crippen LogP contribution in [0.25, 0.3) is 11.0 Å². The number of hydrogen-bond acceptors (Lipinski definition) is 3. The Labute approximate surface area is 142 Å². The summed E-state index contributed by atoms with van der Waals surface area (Å²) in [6, 6.07) is 4.93. The van der Waals surface area contributed by atoms with Crippen molar-refractivity contribution in [3.63, 3.8) is 0 Å². The monoisotopic (exact) mass is 333 g/mol. The summed E-state index contributed by atoms with van der Waals surface area (Å²) in [5, 5.41) is 9.24. The van der Waals surface area contributed by atoms with Gasteiger partial charge in [-0.05, 0) is 57.6 Å². The number of rotatable bonds is 8. The number of hydrogen-bond donors (Lipinski definition) is 1. The van der Waals surface area contributed by atoms with Crippen LogP contribution < -0.4 is 5.69 Å². The van der Waals surface area contributed by atoms with Gasteiger partial charge < -0.3 is 10.0 Å². The van der Waals surface area contributed by atoms with Crippen molar-refractivity contribution in [3.05, 3.63) is 34.2 Å². The molecule has 132 valence electrons. The first-order valence-corrected chi connectivity index (χ1v) is 8.42. The Bertz CT molecular complexity index is 772. The van der Waals surface area contributed by atoms with E-state index in [-0.39, 0.29) is 11.3 Å². The van der Waals surface area contributed by atoms with Crippen LogP contribution in [0.2, 0.25) is 0 Å². The molecule has 0 aliphatic heterocycles. The Morgan fingerprint density at radius 2 is 1.83 bits per heavy atom. The smallest absolute Gasteiger partial charge is 0.335 e. The molecule has 1 N–H and O–H groups in total. The molecular formula is C18H27N3O3. The molecule has 2 aromatic rings. The van der Waals surface area contributed by atoms with Crippen molar-refractivity contribution < 1.29 is 9.90 Å². The molecule has 1 aromatic heterocycles. The number of benzene rings is 1. The van der Waals surface area contributed by atoms with E-state index in [2.05, 4.69) is 18.7 Å². The fourth-order valence-electron chi connectivity index (χ4n) is 2.82. The van der Waals surface area contributed by atoms with Gasteiger partial charge in [0.05, 0.1) is 16.6 Å².